The van der Waals surface area contributed by atoms with Crippen molar-refractivity contribution in [3.8, 4) is 5.75 Å². The lowest BCUT2D eigenvalue weighted by Crippen LogP contribution is -2.24. The molecule has 3 aromatic rings. The molecule has 0 radical (unpaired) electrons. The minimum Gasteiger partial charge on any atom is -0.471 e. The molecule has 0 bridgehead atoms. The molecule has 130 valence electrons. The van der Waals surface area contributed by atoms with E-state index in [1.54, 1.807) is 21.6 Å². The molecule has 25 heavy (non-hydrogen) atoms. The fourth-order valence-electron chi connectivity index (χ4n) is 2.37. The van der Waals surface area contributed by atoms with Crippen molar-refractivity contribution in [2.75, 3.05) is 0 Å². The van der Waals surface area contributed by atoms with Crippen LogP contribution in [-0.4, -0.2) is 25.5 Å². The van der Waals surface area contributed by atoms with Crippen LogP contribution in [0.25, 0.3) is 0 Å². The Balaban J connectivity index is 1.56. The van der Waals surface area contributed by atoms with E-state index in [9.17, 15) is 4.79 Å². The first-order chi connectivity index (χ1) is 12.0. The van der Waals surface area contributed by atoms with Gasteiger partial charge >= 0.3 is 0 Å². The molecule has 7 heteroatoms. The van der Waals surface area contributed by atoms with Crippen molar-refractivity contribution in [1.29, 1.82) is 0 Å². The van der Waals surface area contributed by atoms with Gasteiger partial charge in [-0.25, -0.2) is 4.68 Å². The molecule has 1 aromatic carbocycles. The van der Waals surface area contributed by atoms with Gasteiger partial charge in [-0.2, -0.15) is 10.2 Å². The second-order valence-corrected chi connectivity index (χ2v) is 5.95. The van der Waals surface area contributed by atoms with Crippen LogP contribution >= 0.6 is 0 Å². The number of hydrogen-bond acceptors (Lipinski definition) is 4. The average molecular weight is 339 g/mol. The van der Waals surface area contributed by atoms with Gasteiger partial charge in [-0.05, 0) is 43.2 Å². The highest BCUT2D eigenvalue weighted by Gasteiger charge is 2.10. The fourth-order valence-corrected chi connectivity index (χ4v) is 2.37. The van der Waals surface area contributed by atoms with E-state index in [0.29, 0.717) is 12.2 Å². The number of carbonyl (C=O) groups is 1. The molecule has 0 atom stereocenters. The molecule has 0 spiro atoms. The van der Waals surface area contributed by atoms with Crippen molar-refractivity contribution < 1.29 is 9.53 Å². The highest BCUT2D eigenvalue weighted by molar-refractivity contribution is 5.92. The molecule has 0 saturated carbocycles. The zero-order chi connectivity index (χ0) is 17.8. The van der Waals surface area contributed by atoms with Gasteiger partial charge in [-0.3, -0.25) is 9.48 Å². The van der Waals surface area contributed by atoms with Crippen LogP contribution in [0.3, 0.4) is 0 Å². The maximum absolute atomic E-state index is 12.1. The lowest BCUT2D eigenvalue weighted by atomic mass is 10.1. The minimum absolute atomic E-state index is 0.240. The molecule has 1 N–H and O–H groups in total. The molecule has 3 rings (SSSR count). The Labute approximate surface area is 146 Å². The number of ether oxygens (including phenoxy) is 1. The Hall–Kier alpha value is -3.09. The van der Waals surface area contributed by atoms with Gasteiger partial charge in [0.2, 0.25) is 0 Å². The number of rotatable bonds is 6. The van der Waals surface area contributed by atoms with Crippen molar-refractivity contribution in [1.82, 2.24) is 24.9 Å². The first-order valence-corrected chi connectivity index (χ1v) is 8.01. The van der Waals surface area contributed by atoms with Gasteiger partial charge in [0, 0.05) is 19.4 Å². The summed E-state index contributed by atoms with van der Waals surface area (Å²) in [6.45, 7) is 4.63. The Kier molecular flexibility index (Phi) is 4.83. The number of nitrogens with one attached hydrogen (secondary N) is 1. The second kappa shape index (κ2) is 7.21. The molecule has 1 amide bonds. The van der Waals surface area contributed by atoms with E-state index < -0.39 is 0 Å². The van der Waals surface area contributed by atoms with Gasteiger partial charge in [-0.1, -0.05) is 12.1 Å². The first-order valence-electron chi connectivity index (χ1n) is 8.01. The number of nitrogens with zero attached hydrogens (tertiary/aromatic N) is 4. The molecule has 0 saturated heterocycles. The van der Waals surface area contributed by atoms with E-state index in [1.807, 2.05) is 51.4 Å². The third-order valence-corrected chi connectivity index (χ3v) is 3.77. The predicted octanol–water partition coefficient (Wildman–Crippen LogP) is 2.20. The summed E-state index contributed by atoms with van der Waals surface area (Å²) in [5.74, 6) is 0.577. The van der Waals surface area contributed by atoms with E-state index in [0.717, 1.165) is 22.6 Å². The van der Waals surface area contributed by atoms with Crippen LogP contribution in [0.1, 0.15) is 27.3 Å². The van der Waals surface area contributed by atoms with E-state index in [4.69, 9.17) is 4.74 Å². The fraction of sp³-hybridized carbons (Fsp3) is 0.278. The quantitative estimate of drug-likeness (QED) is 0.747. The number of aromatic nitrogens is 4. The summed E-state index contributed by atoms with van der Waals surface area (Å²) in [5, 5.41) is 11.3. The summed E-state index contributed by atoms with van der Waals surface area (Å²) in [6.07, 6.45) is 3.56. The third-order valence-electron chi connectivity index (χ3n) is 3.77. The minimum atomic E-state index is -0.240. The van der Waals surface area contributed by atoms with E-state index in [2.05, 4.69) is 15.5 Å². The standard InChI is InChI=1S/C18H21N5O2/c1-13-4-5-14(2)17(10-13)25-12-23-9-7-16(21-23)18(24)19-11-15-6-8-22(3)20-15/h4-10H,11-12H2,1-3H3,(H,19,24). The highest BCUT2D eigenvalue weighted by Crippen LogP contribution is 2.19. The van der Waals surface area contributed by atoms with Crippen LogP contribution in [0.4, 0.5) is 0 Å². The van der Waals surface area contributed by atoms with Gasteiger partial charge in [0.15, 0.2) is 6.73 Å². The zero-order valence-corrected chi connectivity index (χ0v) is 14.6. The van der Waals surface area contributed by atoms with Crippen LogP contribution < -0.4 is 10.1 Å². The zero-order valence-electron chi connectivity index (χ0n) is 14.6. The Morgan fingerprint density at radius 3 is 2.76 bits per heavy atom. The van der Waals surface area contributed by atoms with E-state index in [1.165, 1.54) is 0 Å². The number of aryl methyl sites for hydroxylation is 3. The number of amides is 1. The van der Waals surface area contributed by atoms with Crippen LogP contribution in [-0.2, 0) is 20.3 Å². The highest BCUT2D eigenvalue weighted by atomic mass is 16.5. The lowest BCUT2D eigenvalue weighted by molar-refractivity contribution is 0.0943. The van der Waals surface area contributed by atoms with Crippen LogP contribution in [0.15, 0.2) is 42.7 Å². The van der Waals surface area contributed by atoms with Gasteiger partial charge in [-0.15, -0.1) is 0 Å². The Morgan fingerprint density at radius 2 is 2.00 bits per heavy atom. The molecular formula is C18H21N5O2. The van der Waals surface area contributed by atoms with Gasteiger partial charge in [0.1, 0.15) is 11.4 Å². The summed E-state index contributed by atoms with van der Waals surface area (Å²) >= 11 is 0. The van der Waals surface area contributed by atoms with Crippen LogP contribution in [0, 0.1) is 13.8 Å². The molecule has 0 aliphatic rings. The number of benzene rings is 1. The van der Waals surface area contributed by atoms with Crippen LogP contribution in [0.5, 0.6) is 5.75 Å². The topological polar surface area (TPSA) is 74.0 Å². The predicted molar refractivity (Wildman–Crippen MR) is 93.1 cm³/mol. The summed E-state index contributed by atoms with van der Waals surface area (Å²) in [4.78, 5) is 12.1. The van der Waals surface area contributed by atoms with Crippen molar-refractivity contribution in [3.05, 3.63) is 65.2 Å². The number of carbonyl (C=O) groups excluding carboxylic acids is 1. The maximum atomic E-state index is 12.1. The summed E-state index contributed by atoms with van der Waals surface area (Å²) in [7, 11) is 1.84. The molecule has 2 heterocycles. The smallest absolute Gasteiger partial charge is 0.272 e. The van der Waals surface area contributed by atoms with E-state index >= 15 is 0 Å². The van der Waals surface area contributed by atoms with Crippen molar-refractivity contribution in [2.24, 2.45) is 7.05 Å². The lowest BCUT2D eigenvalue weighted by Gasteiger charge is -2.09. The van der Waals surface area contributed by atoms with Crippen molar-refractivity contribution >= 4 is 5.91 Å². The molecule has 0 fully saturated rings. The molecule has 0 unspecified atom stereocenters. The summed E-state index contributed by atoms with van der Waals surface area (Å²) < 4.78 is 9.07. The largest absolute Gasteiger partial charge is 0.471 e. The maximum Gasteiger partial charge on any atom is 0.272 e. The summed E-state index contributed by atoms with van der Waals surface area (Å²) in [6, 6.07) is 9.57. The molecular weight excluding hydrogens is 318 g/mol. The summed E-state index contributed by atoms with van der Waals surface area (Å²) in [5.41, 5.74) is 3.34. The Morgan fingerprint density at radius 1 is 1.16 bits per heavy atom. The second-order valence-electron chi connectivity index (χ2n) is 5.95. The van der Waals surface area contributed by atoms with Gasteiger partial charge < -0.3 is 10.1 Å². The first kappa shape index (κ1) is 16.8. The van der Waals surface area contributed by atoms with Crippen molar-refractivity contribution in [3.63, 3.8) is 0 Å². The van der Waals surface area contributed by atoms with Crippen LogP contribution in [0.2, 0.25) is 0 Å². The number of hydrogen-bond donors (Lipinski definition) is 1. The Bertz CT molecular complexity index is 881. The normalized spacial score (nSPS) is 10.7. The molecule has 2 aromatic heterocycles. The monoisotopic (exact) mass is 339 g/mol. The van der Waals surface area contributed by atoms with Gasteiger partial charge in [0.25, 0.3) is 5.91 Å². The van der Waals surface area contributed by atoms with E-state index in [-0.39, 0.29) is 12.6 Å². The van der Waals surface area contributed by atoms with Crippen molar-refractivity contribution in [2.45, 2.75) is 27.1 Å². The molecule has 0 aliphatic carbocycles. The average Bonchev–Trinajstić information content (AvgIpc) is 3.22. The van der Waals surface area contributed by atoms with Gasteiger partial charge in [0.05, 0.1) is 12.2 Å². The third kappa shape index (κ3) is 4.26. The molecule has 7 nitrogen and oxygen atoms in total. The molecule has 0 aliphatic heterocycles. The SMILES string of the molecule is Cc1ccc(C)c(OCn2ccc(C(=O)NCc3ccn(C)n3)n2)c1.